The summed E-state index contributed by atoms with van der Waals surface area (Å²) >= 11 is 0. The van der Waals surface area contributed by atoms with Crippen molar-refractivity contribution in [3.05, 3.63) is 12.7 Å². The SMILES string of the molecule is C=CC12OC[C@@H](OC)[C@H]1OC[C@H]2C#N. The van der Waals surface area contributed by atoms with Gasteiger partial charge in [0.2, 0.25) is 0 Å². The van der Waals surface area contributed by atoms with Gasteiger partial charge in [-0.15, -0.1) is 6.58 Å². The van der Waals surface area contributed by atoms with Crippen molar-refractivity contribution < 1.29 is 14.2 Å². The van der Waals surface area contributed by atoms with Crippen LogP contribution in [0.5, 0.6) is 0 Å². The first-order valence-electron chi connectivity index (χ1n) is 4.60. The molecule has 0 amide bonds. The summed E-state index contributed by atoms with van der Waals surface area (Å²) in [5, 5.41) is 8.97. The van der Waals surface area contributed by atoms with Crippen LogP contribution in [0.1, 0.15) is 0 Å². The molecule has 1 unspecified atom stereocenters. The molecule has 0 N–H and O–H groups in total. The van der Waals surface area contributed by atoms with E-state index < -0.39 is 5.60 Å². The Morgan fingerprint density at radius 1 is 1.64 bits per heavy atom. The van der Waals surface area contributed by atoms with Gasteiger partial charge in [0.05, 0.1) is 19.3 Å². The van der Waals surface area contributed by atoms with Gasteiger partial charge in [0.25, 0.3) is 0 Å². The summed E-state index contributed by atoms with van der Waals surface area (Å²) in [6, 6.07) is 2.19. The molecule has 2 fully saturated rings. The summed E-state index contributed by atoms with van der Waals surface area (Å²) in [6.45, 7) is 4.59. The molecule has 2 aliphatic heterocycles. The van der Waals surface area contributed by atoms with Crippen molar-refractivity contribution in [2.24, 2.45) is 5.92 Å². The number of rotatable bonds is 2. The van der Waals surface area contributed by atoms with E-state index in [1.807, 2.05) is 0 Å². The predicted molar refractivity (Wildman–Crippen MR) is 48.5 cm³/mol. The normalized spacial score (nSPS) is 45.9. The topological polar surface area (TPSA) is 51.5 Å². The van der Waals surface area contributed by atoms with E-state index in [1.165, 1.54) is 0 Å². The average Bonchev–Trinajstić information content (AvgIpc) is 2.73. The quantitative estimate of drug-likeness (QED) is 0.602. The molecule has 0 aromatic rings. The summed E-state index contributed by atoms with van der Waals surface area (Å²) in [5.41, 5.74) is -0.657. The Hall–Kier alpha value is -0.890. The third kappa shape index (κ3) is 1.04. The molecule has 0 aromatic carbocycles. The van der Waals surface area contributed by atoms with Crippen LogP contribution in [0, 0.1) is 17.2 Å². The van der Waals surface area contributed by atoms with Crippen LogP contribution in [0.3, 0.4) is 0 Å². The van der Waals surface area contributed by atoms with Crippen LogP contribution in [0.2, 0.25) is 0 Å². The molecule has 14 heavy (non-hydrogen) atoms. The van der Waals surface area contributed by atoms with Crippen LogP contribution >= 0.6 is 0 Å². The lowest BCUT2D eigenvalue weighted by molar-refractivity contribution is -0.0150. The van der Waals surface area contributed by atoms with Crippen LogP contribution < -0.4 is 0 Å². The Kier molecular flexibility index (Phi) is 2.31. The third-order valence-electron chi connectivity index (χ3n) is 3.04. The second-order valence-electron chi connectivity index (χ2n) is 3.58. The van der Waals surface area contributed by atoms with E-state index in [2.05, 4.69) is 12.6 Å². The lowest BCUT2D eigenvalue weighted by atomic mass is 9.86. The molecule has 76 valence electrons. The molecule has 4 heteroatoms. The van der Waals surface area contributed by atoms with E-state index in [0.29, 0.717) is 13.2 Å². The van der Waals surface area contributed by atoms with Gasteiger partial charge >= 0.3 is 0 Å². The van der Waals surface area contributed by atoms with Crippen molar-refractivity contribution >= 4 is 0 Å². The van der Waals surface area contributed by atoms with Gasteiger partial charge in [0, 0.05) is 7.11 Å². The Morgan fingerprint density at radius 2 is 2.43 bits per heavy atom. The molecule has 0 aliphatic carbocycles. The number of hydrogen-bond acceptors (Lipinski definition) is 4. The maximum atomic E-state index is 8.97. The van der Waals surface area contributed by atoms with Crippen LogP contribution in [0.15, 0.2) is 12.7 Å². The maximum Gasteiger partial charge on any atom is 0.133 e. The molecule has 4 nitrogen and oxygen atoms in total. The summed E-state index contributed by atoms with van der Waals surface area (Å²) in [5.74, 6) is -0.273. The lowest BCUT2D eigenvalue weighted by Crippen LogP contribution is -2.42. The third-order valence-corrected chi connectivity index (χ3v) is 3.04. The van der Waals surface area contributed by atoms with E-state index in [4.69, 9.17) is 19.5 Å². The standard InChI is InChI=1S/C10H13NO3/c1-3-10-7(4-11)5-13-9(10)8(12-2)6-14-10/h3,7-9H,1,5-6H2,2H3/t7-,8-,9-,10?/m1/s1. The van der Waals surface area contributed by atoms with Gasteiger partial charge in [-0.05, 0) is 0 Å². The largest absolute Gasteiger partial charge is 0.376 e. The lowest BCUT2D eigenvalue weighted by Gasteiger charge is -2.25. The van der Waals surface area contributed by atoms with Crippen molar-refractivity contribution in [3.8, 4) is 6.07 Å². The molecule has 2 rings (SSSR count). The summed E-state index contributed by atoms with van der Waals surface area (Å²) < 4.78 is 16.4. The highest BCUT2D eigenvalue weighted by Gasteiger charge is 2.58. The van der Waals surface area contributed by atoms with Crippen molar-refractivity contribution in [2.75, 3.05) is 20.3 Å². The molecular formula is C10H13NO3. The van der Waals surface area contributed by atoms with Gasteiger partial charge in [-0.1, -0.05) is 6.08 Å². The molecule has 4 atom stereocenters. The first kappa shape index (κ1) is 9.66. The molecule has 0 aromatic heterocycles. The Bertz CT molecular complexity index is 286. The van der Waals surface area contributed by atoms with E-state index in [1.54, 1.807) is 13.2 Å². The van der Waals surface area contributed by atoms with Crippen molar-refractivity contribution in [1.82, 2.24) is 0 Å². The Morgan fingerprint density at radius 3 is 3.00 bits per heavy atom. The number of hydrogen-bond donors (Lipinski definition) is 0. The smallest absolute Gasteiger partial charge is 0.133 e. The van der Waals surface area contributed by atoms with Crippen LogP contribution in [-0.4, -0.2) is 38.1 Å². The highest BCUT2D eigenvalue weighted by molar-refractivity contribution is 5.21. The van der Waals surface area contributed by atoms with E-state index in [0.717, 1.165) is 0 Å². The van der Waals surface area contributed by atoms with Gasteiger partial charge in [-0.25, -0.2) is 0 Å². The molecule has 2 heterocycles. The molecule has 0 saturated carbocycles. The number of nitrogens with zero attached hydrogens (tertiary/aromatic N) is 1. The highest BCUT2D eigenvalue weighted by atomic mass is 16.6. The second-order valence-corrected chi connectivity index (χ2v) is 3.58. The number of fused-ring (bicyclic) bond motifs is 1. The zero-order chi connectivity index (χ0) is 10.2. The van der Waals surface area contributed by atoms with Gasteiger partial charge in [-0.3, -0.25) is 0 Å². The summed E-state index contributed by atoms with van der Waals surface area (Å²) in [6.07, 6.45) is 1.40. The fourth-order valence-electron chi connectivity index (χ4n) is 2.20. The zero-order valence-electron chi connectivity index (χ0n) is 8.10. The minimum atomic E-state index is -0.657. The first-order valence-corrected chi connectivity index (χ1v) is 4.60. The minimum absolute atomic E-state index is 0.0913. The first-order chi connectivity index (χ1) is 6.78. The van der Waals surface area contributed by atoms with Crippen molar-refractivity contribution in [3.63, 3.8) is 0 Å². The fraction of sp³-hybridized carbons (Fsp3) is 0.700. The Balaban J connectivity index is 2.29. The summed E-state index contributed by atoms with van der Waals surface area (Å²) in [7, 11) is 1.62. The van der Waals surface area contributed by atoms with Gasteiger partial charge in [0.1, 0.15) is 23.7 Å². The van der Waals surface area contributed by atoms with Crippen LogP contribution in [0.25, 0.3) is 0 Å². The fourth-order valence-corrected chi connectivity index (χ4v) is 2.20. The van der Waals surface area contributed by atoms with Gasteiger partial charge in [-0.2, -0.15) is 5.26 Å². The molecule has 0 spiro atoms. The highest BCUT2D eigenvalue weighted by Crippen LogP contribution is 2.42. The van der Waals surface area contributed by atoms with Gasteiger partial charge in [0.15, 0.2) is 0 Å². The molecule has 2 saturated heterocycles. The van der Waals surface area contributed by atoms with E-state index >= 15 is 0 Å². The molecular weight excluding hydrogens is 182 g/mol. The summed E-state index contributed by atoms with van der Waals surface area (Å²) in [4.78, 5) is 0. The van der Waals surface area contributed by atoms with Crippen molar-refractivity contribution in [1.29, 1.82) is 5.26 Å². The zero-order valence-corrected chi connectivity index (χ0v) is 8.10. The Labute approximate surface area is 83.1 Å². The predicted octanol–water partition coefficient (Wildman–Crippen LogP) is 0.495. The van der Waals surface area contributed by atoms with Crippen molar-refractivity contribution in [2.45, 2.75) is 17.8 Å². The number of methoxy groups -OCH3 is 1. The minimum Gasteiger partial charge on any atom is -0.376 e. The maximum absolute atomic E-state index is 8.97. The molecule has 0 radical (unpaired) electrons. The second kappa shape index (κ2) is 3.35. The average molecular weight is 195 g/mol. The van der Waals surface area contributed by atoms with E-state index in [9.17, 15) is 0 Å². The molecule has 2 aliphatic rings. The molecule has 0 bridgehead atoms. The van der Waals surface area contributed by atoms with Crippen LogP contribution in [0.4, 0.5) is 0 Å². The number of nitriles is 1. The monoisotopic (exact) mass is 195 g/mol. The number of ether oxygens (including phenoxy) is 3. The van der Waals surface area contributed by atoms with Gasteiger partial charge < -0.3 is 14.2 Å². The van der Waals surface area contributed by atoms with Crippen LogP contribution in [-0.2, 0) is 14.2 Å². The van der Waals surface area contributed by atoms with E-state index in [-0.39, 0.29) is 18.1 Å².